The molecule has 0 spiro atoms. The van der Waals surface area contributed by atoms with Crippen LogP contribution in [0.4, 0.5) is 5.69 Å². The summed E-state index contributed by atoms with van der Waals surface area (Å²) < 4.78 is 0. The lowest BCUT2D eigenvalue weighted by Crippen LogP contribution is -2.06. The van der Waals surface area contributed by atoms with E-state index in [0.29, 0.717) is 17.7 Å². The Morgan fingerprint density at radius 3 is 2.69 bits per heavy atom. The Kier molecular flexibility index (Phi) is 2.96. The van der Waals surface area contributed by atoms with Gasteiger partial charge in [0.2, 0.25) is 0 Å². The first-order chi connectivity index (χ1) is 7.77. The topological polar surface area (TPSA) is 56.0 Å². The number of nitrogens with two attached hydrogens (primary N) is 1. The molecular weight excluding hydrogens is 200 g/mol. The highest BCUT2D eigenvalue weighted by Crippen LogP contribution is 2.13. The van der Waals surface area contributed by atoms with E-state index in [4.69, 9.17) is 5.73 Å². The van der Waals surface area contributed by atoms with Crippen LogP contribution in [0.3, 0.4) is 0 Å². The molecule has 0 bridgehead atoms. The number of hydrogen-bond donors (Lipinski definition) is 1. The quantitative estimate of drug-likeness (QED) is 0.626. The van der Waals surface area contributed by atoms with E-state index in [-0.39, 0.29) is 5.78 Å². The summed E-state index contributed by atoms with van der Waals surface area (Å²) in [6.07, 6.45) is 3.71. The second kappa shape index (κ2) is 4.57. The molecule has 0 saturated carbocycles. The zero-order valence-corrected chi connectivity index (χ0v) is 8.76. The van der Waals surface area contributed by atoms with E-state index >= 15 is 0 Å². The molecule has 0 atom stereocenters. The van der Waals surface area contributed by atoms with Crippen LogP contribution >= 0.6 is 0 Å². The van der Waals surface area contributed by atoms with Crippen LogP contribution in [-0.2, 0) is 6.42 Å². The molecule has 2 N–H and O–H groups in total. The lowest BCUT2D eigenvalue weighted by atomic mass is 10.0. The lowest BCUT2D eigenvalue weighted by Gasteiger charge is -2.03. The zero-order valence-electron chi connectivity index (χ0n) is 8.76. The fraction of sp³-hybridized carbons (Fsp3) is 0.0769. The van der Waals surface area contributed by atoms with Gasteiger partial charge in [-0.25, -0.2) is 0 Å². The molecule has 0 amide bonds. The number of anilines is 1. The molecule has 1 aromatic carbocycles. The molecule has 0 unspecified atom stereocenters. The monoisotopic (exact) mass is 212 g/mol. The SMILES string of the molecule is Nc1ccccc1C(=O)Cc1cccnc1. The summed E-state index contributed by atoms with van der Waals surface area (Å²) in [6, 6.07) is 10.8. The van der Waals surface area contributed by atoms with Gasteiger partial charge >= 0.3 is 0 Å². The summed E-state index contributed by atoms with van der Waals surface area (Å²) in [5.74, 6) is 0.0195. The van der Waals surface area contributed by atoms with Crippen molar-refractivity contribution >= 4 is 11.5 Å². The van der Waals surface area contributed by atoms with E-state index in [2.05, 4.69) is 4.98 Å². The average Bonchev–Trinajstić information content (AvgIpc) is 2.31. The maximum atomic E-state index is 11.9. The van der Waals surface area contributed by atoms with Gasteiger partial charge in [0.05, 0.1) is 0 Å². The van der Waals surface area contributed by atoms with Crippen molar-refractivity contribution in [1.82, 2.24) is 4.98 Å². The van der Waals surface area contributed by atoms with Gasteiger partial charge in [-0.1, -0.05) is 18.2 Å². The molecule has 16 heavy (non-hydrogen) atoms. The second-order valence-corrected chi connectivity index (χ2v) is 3.55. The molecule has 0 fully saturated rings. The normalized spacial score (nSPS) is 10.0. The van der Waals surface area contributed by atoms with Crippen molar-refractivity contribution in [2.24, 2.45) is 0 Å². The number of nitrogen functional groups attached to an aromatic ring is 1. The van der Waals surface area contributed by atoms with Crippen LogP contribution in [0.2, 0.25) is 0 Å². The first-order valence-corrected chi connectivity index (χ1v) is 5.04. The minimum absolute atomic E-state index is 0.0195. The standard InChI is InChI=1S/C13H12N2O/c14-12-6-2-1-5-11(12)13(16)8-10-4-3-7-15-9-10/h1-7,9H,8,14H2. The number of benzene rings is 1. The maximum Gasteiger partial charge on any atom is 0.169 e. The van der Waals surface area contributed by atoms with Gasteiger partial charge < -0.3 is 5.73 Å². The molecule has 0 radical (unpaired) electrons. The third-order valence-corrected chi connectivity index (χ3v) is 2.35. The Morgan fingerprint density at radius 2 is 2.00 bits per heavy atom. The Morgan fingerprint density at radius 1 is 1.19 bits per heavy atom. The molecule has 2 rings (SSSR count). The summed E-state index contributed by atoms with van der Waals surface area (Å²) >= 11 is 0. The van der Waals surface area contributed by atoms with Crippen molar-refractivity contribution in [1.29, 1.82) is 0 Å². The Hall–Kier alpha value is -2.16. The van der Waals surface area contributed by atoms with Crippen molar-refractivity contribution < 1.29 is 4.79 Å². The summed E-state index contributed by atoms with van der Waals surface area (Å²) in [5, 5.41) is 0. The van der Waals surface area contributed by atoms with Gasteiger partial charge in [0, 0.05) is 30.1 Å². The van der Waals surface area contributed by atoms with Crippen molar-refractivity contribution in [2.75, 3.05) is 5.73 Å². The number of carbonyl (C=O) groups excluding carboxylic acids is 1. The van der Waals surface area contributed by atoms with Crippen LogP contribution in [0.1, 0.15) is 15.9 Å². The highest BCUT2D eigenvalue weighted by molar-refractivity contribution is 6.01. The fourth-order valence-electron chi connectivity index (χ4n) is 1.53. The Balaban J connectivity index is 2.19. The van der Waals surface area contributed by atoms with Gasteiger partial charge in [0.1, 0.15) is 0 Å². The number of ketones is 1. The minimum atomic E-state index is 0.0195. The molecule has 1 heterocycles. The number of Topliss-reactive ketones (excluding diaryl/α,β-unsaturated/α-hetero) is 1. The average molecular weight is 212 g/mol. The largest absolute Gasteiger partial charge is 0.398 e. The third-order valence-electron chi connectivity index (χ3n) is 2.35. The minimum Gasteiger partial charge on any atom is -0.398 e. The molecule has 0 aliphatic carbocycles. The number of nitrogens with zero attached hydrogens (tertiary/aromatic N) is 1. The van der Waals surface area contributed by atoms with Crippen molar-refractivity contribution in [2.45, 2.75) is 6.42 Å². The zero-order chi connectivity index (χ0) is 11.4. The number of carbonyl (C=O) groups is 1. The molecule has 0 saturated heterocycles. The van der Waals surface area contributed by atoms with E-state index in [1.165, 1.54) is 0 Å². The summed E-state index contributed by atoms with van der Waals surface area (Å²) in [5.41, 5.74) is 7.74. The molecule has 1 aromatic heterocycles. The highest BCUT2D eigenvalue weighted by Gasteiger charge is 2.09. The van der Waals surface area contributed by atoms with Gasteiger partial charge in [0.25, 0.3) is 0 Å². The van der Waals surface area contributed by atoms with Gasteiger partial charge in [-0.15, -0.1) is 0 Å². The molecule has 3 heteroatoms. The van der Waals surface area contributed by atoms with Crippen molar-refractivity contribution in [3.8, 4) is 0 Å². The second-order valence-electron chi connectivity index (χ2n) is 3.55. The summed E-state index contributed by atoms with van der Waals surface area (Å²) in [7, 11) is 0. The van der Waals surface area contributed by atoms with Crippen molar-refractivity contribution in [3.05, 3.63) is 59.9 Å². The maximum absolute atomic E-state index is 11.9. The van der Waals surface area contributed by atoms with E-state index in [1.807, 2.05) is 24.3 Å². The smallest absolute Gasteiger partial charge is 0.169 e. The van der Waals surface area contributed by atoms with Gasteiger partial charge in [-0.2, -0.15) is 0 Å². The Bertz CT molecular complexity index is 494. The molecule has 3 nitrogen and oxygen atoms in total. The fourth-order valence-corrected chi connectivity index (χ4v) is 1.53. The van der Waals surface area contributed by atoms with Crippen LogP contribution in [0, 0.1) is 0 Å². The van der Waals surface area contributed by atoms with Crippen LogP contribution in [0.5, 0.6) is 0 Å². The first-order valence-electron chi connectivity index (χ1n) is 5.04. The van der Waals surface area contributed by atoms with E-state index in [0.717, 1.165) is 5.56 Å². The van der Waals surface area contributed by atoms with Crippen molar-refractivity contribution in [3.63, 3.8) is 0 Å². The molecular formula is C13H12N2O. The van der Waals surface area contributed by atoms with Crippen LogP contribution in [0.25, 0.3) is 0 Å². The predicted molar refractivity (Wildman–Crippen MR) is 63.1 cm³/mol. The molecule has 0 aliphatic rings. The molecule has 80 valence electrons. The van der Waals surface area contributed by atoms with E-state index in [9.17, 15) is 4.79 Å². The van der Waals surface area contributed by atoms with Gasteiger partial charge in [-0.3, -0.25) is 9.78 Å². The third kappa shape index (κ3) is 2.25. The number of rotatable bonds is 3. The van der Waals surface area contributed by atoms with Crippen LogP contribution in [0.15, 0.2) is 48.8 Å². The molecule has 2 aromatic rings. The number of hydrogen-bond acceptors (Lipinski definition) is 3. The predicted octanol–water partition coefficient (Wildman–Crippen LogP) is 2.09. The van der Waals surface area contributed by atoms with Crippen LogP contribution in [-0.4, -0.2) is 10.8 Å². The van der Waals surface area contributed by atoms with E-state index < -0.39 is 0 Å². The Labute approximate surface area is 93.9 Å². The van der Waals surface area contributed by atoms with Crippen LogP contribution < -0.4 is 5.73 Å². The summed E-state index contributed by atoms with van der Waals surface area (Å²) in [6.45, 7) is 0. The molecule has 0 aliphatic heterocycles. The lowest BCUT2D eigenvalue weighted by molar-refractivity contribution is 0.0993. The first kappa shape index (κ1) is 10.4. The van der Waals surface area contributed by atoms with E-state index in [1.54, 1.807) is 24.5 Å². The van der Waals surface area contributed by atoms with Gasteiger partial charge in [0.15, 0.2) is 5.78 Å². The number of aromatic nitrogens is 1. The number of pyridine rings is 1. The highest BCUT2D eigenvalue weighted by atomic mass is 16.1. The summed E-state index contributed by atoms with van der Waals surface area (Å²) in [4.78, 5) is 15.9. The van der Waals surface area contributed by atoms with Gasteiger partial charge in [-0.05, 0) is 23.8 Å². The number of para-hydroxylation sites is 1.